The van der Waals surface area contributed by atoms with E-state index in [0.717, 1.165) is 22.4 Å². The van der Waals surface area contributed by atoms with E-state index in [2.05, 4.69) is 9.97 Å². The van der Waals surface area contributed by atoms with Crippen molar-refractivity contribution in [2.24, 2.45) is 0 Å². The maximum absolute atomic E-state index is 12.4. The van der Waals surface area contributed by atoms with Gasteiger partial charge >= 0.3 is 0 Å². The van der Waals surface area contributed by atoms with Crippen LogP contribution in [0.3, 0.4) is 0 Å². The monoisotopic (exact) mass is 290 g/mol. The average Bonchev–Trinajstić information content (AvgIpc) is 2.55. The molecule has 22 heavy (non-hydrogen) atoms. The number of H-pyrrole nitrogens is 1. The molecule has 1 aliphatic rings. The normalized spacial score (nSPS) is 12.2. The summed E-state index contributed by atoms with van der Waals surface area (Å²) in [5.41, 5.74) is 3.37. The van der Waals surface area contributed by atoms with Gasteiger partial charge in [-0.25, -0.2) is 0 Å². The summed E-state index contributed by atoms with van der Waals surface area (Å²) >= 11 is 0. The highest BCUT2D eigenvalue weighted by Crippen LogP contribution is 2.36. The van der Waals surface area contributed by atoms with Crippen molar-refractivity contribution in [1.82, 2.24) is 9.97 Å². The van der Waals surface area contributed by atoms with Gasteiger partial charge in [-0.05, 0) is 18.1 Å². The zero-order valence-electron chi connectivity index (χ0n) is 12.1. The minimum absolute atomic E-state index is 0.143. The summed E-state index contributed by atoms with van der Waals surface area (Å²) in [6, 6.07) is 15.5. The second-order valence-corrected chi connectivity index (χ2v) is 5.41. The summed E-state index contributed by atoms with van der Waals surface area (Å²) in [5, 5.41) is 0. The molecule has 0 bridgehead atoms. The number of para-hydroxylation sites is 1. The van der Waals surface area contributed by atoms with E-state index in [4.69, 9.17) is 4.74 Å². The van der Waals surface area contributed by atoms with Crippen molar-refractivity contribution < 1.29 is 4.74 Å². The van der Waals surface area contributed by atoms with Crippen LogP contribution in [0.15, 0.2) is 53.3 Å². The molecule has 4 heteroatoms. The topological polar surface area (TPSA) is 55.0 Å². The molecule has 4 rings (SSSR count). The number of aromatic amines is 1. The number of hydrogen-bond donors (Lipinski definition) is 1. The third-order valence-corrected chi connectivity index (χ3v) is 3.88. The van der Waals surface area contributed by atoms with Crippen LogP contribution in [-0.4, -0.2) is 9.97 Å². The molecule has 1 aromatic heterocycles. The van der Waals surface area contributed by atoms with E-state index >= 15 is 0 Å². The zero-order valence-corrected chi connectivity index (χ0v) is 12.1. The molecule has 1 N–H and O–H groups in total. The van der Waals surface area contributed by atoms with E-state index in [0.29, 0.717) is 23.7 Å². The summed E-state index contributed by atoms with van der Waals surface area (Å²) in [6.45, 7) is 2.00. The molecule has 0 radical (unpaired) electrons. The van der Waals surface area contributed by atoms with Gasteiger partial charge in [0.05, 0.1) is 5.56 Å². The van der Waals surface area contributed by atoms with Crippen molar-refractivity contribution in [2.45, 2.75) is 13.3 Å². The maximum atomic E-state index is 12.4. The van der Waals surface area contributed by atoms with Gasteiger partial charge in [-0.2, -0.15) is 4.98 Å². The molecule has 0 saturated carbocycles. The van der Waals surface area contributed by atoms with Crippen molar-refractivity contribution >= 4 is 0 Å². The van der Waals surface area contributed by atoms with Crippen LogP contribution in [0.2, 0.25) is 0 Å². The summed E-state index contributed by atoms with van der Waals surface area (Å²) in [6.07, 6.45) is 0.545. The molecule has 3 aromatic rings. The Hall–Kier alpha value is -2.88. The Labute approximate surface area is 127 Å². The first kappa shape index (κ1) is 12.8. The lowest BCUT2D eigenvalue weighted by molar-refractivity contribution is 0.435. The predicted octanol–water partition coefficient (Wildman–Crippen LogP) is 3.44. The SMILES string of the molecule is Cc1cccc2c1Oc1nc(-c3ccccc3)[nH]c(=O)c1C2. The number of nitrogens with zero attached hydrogens (tertiary/aromatic N) is 1. The second-order valence-electron chi connectivity index (χ2n) is 5.41. The molecule has 0 atom stereocenters. The van der Waals surface area contributed by atoms with Gasteiger partial charge < -0.3 is 9.72 Å². The van der Waals surface area contributed by atoms with Gasteiger partial charge in [0, 0.05) is 12.0 Å². The number of hydrogen-bond acceptors (Lipinski definition) is 3. The van der Waals surface area contributed by atoms with Gasteiger partial charge in [-0.3, -0.25) is 4.79 Å². The number of benzene rings is 2. The fourth-order valence-corrected chi connectivity index (χ4v) is 2.74. The maximum Gasteiger partial charge on any atom is 0.258 e. The molecule has 2 heterocycles. The van der Waals surface area contributed by atoms with E-state index < -0.39 is 0 Å². The van der Waals surface area contributed by atoms with E-state index in [1.165, 1.54) is 0 Å². The van der Waals surface area contributed by atoms with Gasteiger partial charge in [-0.1, -0.05) is 48.5 Å². The number of fused-ring (bicyclic) bond motifs is 2. The fraction of sp³-hybridized carbons (Fsp3) is 0.111. The minimum Gasteiger partial charge on any atom is -0.438 e. The quantitative estimate of drug-likeness (QED) is 0.584. The number of rotatable bonds is 1. The Morgan fingerprint density at radius 2 is 1.91 bits per heavy atom. The van der Waals surface area contributed by atoms with Gasteiger partial charge in [-0.15, -0.1) is 0 Å². The second kappa shape index (κ2) is 4.84. The van der Waals surface area contributed by atoms with Gasteiger partial charge in [0.25, 0.3) is 5.56 Å². The summed E-state index contributed by atoms with van der Waals surface area (Å²) < 4.78 is 5.92. The van der Waals surface area contributed by atoms with Crippen molar-refractivity contribution in [3.05, 3.63) is 75.6 Å². The number of nitrogens with one attached hydrogen (secondary N) is 1. The molecule has 0 spiro atoms. The lowest BCUT2D eigenvalue weighted by atomic mass is 10.0. The lowest BCUT2D eigenvalue weighted by Gasteiger charge is -2.20. The fourth-order valence-electron chi connectivity index (χ4n) is 2.74. The Morgan fingerprint density at radius 1 is 1.09 bits per heavy atom. The number of ether oxygens (including phenoxy) is 1. The molecular weight excluding hydrogens is 276 g/mol. The highest BCUT2D eigenvalue weighted by molar-refractivity contribution is 5.57. The van der Waals surface area contributed by atoms with Crippen molar-refractivity contribution in [3.8, 4) is 23.0 Å². The molecule has 1 aliphatic heterocycles. The summed E-state index contributed by atoms with van der Waals surface area (Å²) in [7, 11) is 0. The van der Waals surface area contributed by atoms with Crippen LogP contribution in [0.25, 0.3) is 11.4 Å². The Morgan fingerprint density at radius 3 is 2.73 bits per heavy atom. The van der Waals surface area contributed by atoms with E-state index in [-0.39, 0.29) is 5.56 Å². The van der Waals surface area contributed by atoms with Crippen LogP contribution < -0.4 is 10.3 Å². The van der Waals surface area contributed by atoms with Crippen LogP contribution in [0.1, 0.15) is 16.7 Å². The third-order valence-electron chi connectivity index (χ3n) is 3.88. The number of aryl methyl sites for hydroxylation is 1. The largest absolute Gasteiger partial charge is 0.438 e. The molecule has 0 fully saturated rings. The molecule has 0 aliphatic carbocycles. The Balaban J connectivity index is 1.86. The van der Waals surface area contributed by atoms with E-state index in [9.17, 15) is 4.79 Å². The molecule has 2 aromatic carbocycles. The molecule has 0 unspecified atom stereocenters. The summed E-state index contributed by atoms with van der Waals surface area (Å²) in [5.74, 6) is 1.75. The van der Waals surface area contributed by atoms with E-state index in [1.54, 1.807) is 0 Å². The zero-order chi connectivity index (χ0) is 15.1. The molecule has 0 saturated heterocycles. The lowest BCUT2D eigenvalue weighted by Crippen LogP contribution is -2.20. The van der Waals surface area contributed by atoms with Crippen LogP contribution >= 0.6 is 0 Å². The Bertz CT molecular complexity index is 914. The highest BCUT2D eigenvalue weighted by Gasteiger charge is 2.23. The van der Waals surface area contributed by atoms with Crippen molar-refractivity contribution in [3.63, 3.8) is 0 Å². The van der Waals surface area contributed by atoms with Crippen LogP contribution in [0, 0.1) is 6.92 Å². The van der Waals surface area contributed by atoms with Crippen LogP contribution in [0.5, 0.6) is 11.6 Å². The average molecular weight is 290 g/mol. The first-order valence-electron chi connectivity index (χ1n) is 7.17. The first-order valence-corrected chi connectivity index (χ1v) is 7.17. The highest BCUT2D eigenvalue weighted by atomic mass is 16.5. The predicted molar refractivity (Wildman–Crippen MR) is 84.4 cm³/mol. The Kier molecular flexibility index (Phi) is 2.82. The minimum atomic E-state index is -0.143. The number of aromatic nitrogens is 2. The molecular formula is C18H14N2O2. The van der Waals surface area contributed by atoms with Gasteiger partial charge in [0.1, 0.15) is 11.6 Å². The van der Waals surface area contributed by atoms with Crippen molar-refractivity contribution in [2.75, 3.05) is 0 Å². The van der Waals surface area contributed by atoms with E-state index in [1.807, 2.05) is 55.5 Å². The standard InChI is InChI=1S/C18H14N2O2/c1-11-6-5-9-13-10-14-17(21)19-16(12-7-3-2-4-8-12)20-18(14)22-15(11)13/h2-9H,10H2,1H3,(H,19,20,21). The first-order chi connectivity index (χ1) is 10.7. The molecule has 0 amide bonds. The summed E-state index contributed by atoms with van der Waals surface area (Å²) in [4.78, 5) is 19.7. The van der Waals surface area contributed by atoms with Crippen molar-refractivity contribution in [1.29, 1.82) is 0 Å². The molecule has 4 nitrogen and oxygen atoms in total. The smallest absolute Gasteiger partial charge is 0.258 e. The van der Waals surface area contributed by atoms with Gasteiger partial charge in [0.2, 0.25) is 5.88 Å². The third kappa shape index (κ3) is 2.00. The molecule has 108 valence electrons. The van der Waals surface area contributed by atoms with Gasteiger partial charge in [0.15, 0.2) is 0 Å². The van der Waals surface area contributed by atoms with Crippen LogP contribution in [0.4, 0.5) is 0 Å². The van der Waals surface area contributed by atoms with Crippen LogP contribution in [-0.2, 0) is 6.42 Å².